The predicted molar refractivity (Wildman–Crippen MR) is 63.2 cm³/mol. The van der Waals surface area contributed by atoms with E-state index in [0.717, 1.165) is 22.4 Å². The molecule has 15 heavy (non-hydrogen) atoms. The van der Waals surface area contributed by atoms with E-state index >= 15 is 0 Å². The zero-order valence-corrected chi connectivity index (χ0v) is 8.91. The highest BCUT2D eigenvalue weighted by Gasteiger charge is 2.06. The molecule has 0 bridgehead atoms. The van der Waals surface area contributed by atoms with Gasteiger partial charge in [0.2, 0.25) is 0 Å². The highest BCUT2D eigenvalue weighted by atomic mass is 15.1. The minimum absolute atomic E-state index is 0.520. The van der Waals surface area contributed by atoms with Gasteiger partial charge in [0.05, 0.1) is 11.4 Å². The van der Waals surface area contributed by atoms with E-state index in [0.29, 0.717) is 5.82 Å². The van der Waals surface area contributed by atoms with Gasteiger partial charge in [-0.05, 0) is 18.2 Å². The Labute approximate surface area is 88.4 Å². The van der Waals surface area contributed by atoms with Crippen LogP contribution in [0.4, 0.5) is 5.82 Å². The molecular weight excluding hydrogens is 188 g/mol. The van der Waals surface area contributed by atoms with Gasteiger partial charge in [-0.1, -0.05) is 6.58 Å². The van der Waals surface area contributed by atoms with Crippen LogP contribution in [0.3, 0.4) is 0 Å². The van der Waals surface area contributed by atoms with Crippen LogP contribution in [0.1, 0.15) is 5.69 Å². The Balaban J connectivity index is 2.52. The van der Waals surface area contributed by atoms with E-state index in [1.54, 1.807) is 6.07 Å². The van der Waals surface area contributed by atoms with Gasteiger partial charge in [-0.2, -0.15) is 0 Å². The number of rotatable bonds is 2. The number of hydrogen-bond donors (Lipinski definition) is 2. The summed E-state index contributed by atoms with van der Waals surface area (Å²) >= 11 is 0. The number of fused-ring (bicyclic) bond motifs is 1. The van der Waals surface area contributed by atoms with Crippen LogP contribution >= 0.6 is 0 Å². The summed E-state index contributed by atoms with van der Waals surface area (Å²) in [7, 11) is 3.91. The van der Waals surface area contributed by atoms with Crippen molar-refractivity contribution in [3.63, 3.8) is 0 Å². The molecule has 0 aliphatic heterocycles. The number of nitrogen functional groups attached to an aromatic ring is 1. The number of nitrogens with zero attached hydrogens (tertiary/aromatic N) is 2. The van der Waals surface area contributed by atoms with Gasteiger partial charge in [0, 0.05) is 19.5 Å². The molecule has 78 valence electrons. The van der Waals surface area contributed by atoms with Crippen molar-refractivity contribution in [2.24, 2.45) is 0 Å². The first-order valence-corrected chi connectivity index (χ1v) is 4.70. The Kier molecular flexibility index (Phi) is 2.11. The smallest absolute Gasteiger partial charge is 0.140 e. The summed E-state index contributed by atoms with van der Waals surface area (Å²) in [6.45, 7) is 3.98. The Hall–Kier alpha value is -1.97. The predicted octanol–water partition coefficient (Wildman–Crippen LogP) is 1.68. The van der Waals surface area contributed by atoms with Crippen molar-refractivity contribution in [1.29, 1.82) is 0 Å². The van der Waals surface area contributed by atoms with Gasteiger partial charge in [-0.15, -0.1) is 0 Å². The zero-order valence-electron chi connectivity index (χ0n) is 8.91. The molecule has 0 aromatic carbocycles. The van der Waals surface area contributed by atoms with Gasteiger partial charge in [-0.3, -0.25) is 0 Å². The van der Waals surface area contributed by atoms with Crippen LogP contribution in [0, 0.1) is 0 Å². The summed E-state index contributed by atoms with van der Waals surface area (Å²) < 4.78 is 0. The molecular formula is C11H14N4. The standard InChI is InChI=1S/C11H14N4/c1-7(15(2)3)9-6-8-4-5-10(12)14-11(8)13-9/h4-6H,1H2,2-3H3,(H3,12,13,14). The van der Waals surface area contributed by atoms with Crippen molar-refractivity contribution in [1.82, 2.24) is 14.9 Å². The maximum Gasteiger partial charge on any atom is 0.140 e. The van der Waals surface area contributed by atoms with Crippen LogP contribution in [0.5, 0.6) is 0 Å². The summed E-state index contributed by atoms with van der Waals surface area (Å²) in [5, 5.41) is 1.04. The van der Waals surface area contributed by atoms with E-state index < -0.39 is 0 Å². The molecule has 0 fully saturated rings. The number of anilines is 1. The van der Waals surface area contributed by atoms with Crippen LogP contribution in [0.2, 0.25) is 0 Å². The van der Waals surface area contributed by atoms with Crippen LogP contribution < -0.4 is 5.73 Å². The van der Waals surface area contributed by atoms with E-state index in [2.05, 4.69) is 16.5 Å². The lowest BCUT2D eigenvalue weighted by Gasteiger charge is -2.13. The van der Waals surface area contributed by atoms with E-state index in [1.807, 2.05) is 31.1 Å². The first-order valence-electron chi connectivity index (χ1n) is 4.70. The van der Waals surface area contributed by atoms with E-state index in [4.69, 9.17) is 5.73 Å². The number of pyridine rings is 1. The molecule has 0 amide bonds. The molecule has 2 aromatic rings. The number of nitrogens with two attached hydrogens (primary N) is 1. The van der Waals surface area contributed by atoms with Gasteiger partial charge in [0.25, 0.3) is 0 Å². The van der Waals surface area contributed by atoms with Crippen molar-refractivity contribution in [2.45, 2.75) is 0 Å². The van der Waals surface area contributed by atoms with Crippen LogP contribution in [0.15, 0.2) is 24.8 Å². The van der Waals surface area contributed by atoms with Gasteiger partial charge in [-0.25, -0.2) is 4.98 Å². The van der Waals surface area contributed by atoms with Crippen LogP contribution in [0.25, 0.3) is 16.7 Å². The largest absolute Gasteiger partial charge is 0.384 e. The number of aromatic amines is 1. The van der Waals surface area contributed by atoms with Crippen LogP contribution in [-0.4, -0.2) is 29.0 Å². The van der Waals surface area contributed by atoms with Gasteiger partial charge in [0.15, 0.2) is 0 Å². The van der Waals surface area contributed by atoms with Crippen molar-refractivity contribution >= 4 is 22.5 Å². The molecule has 4 nitrogen and oxygen atoms in total. The molecule has 0 radical (unpaired) electrons. The second-order valence-electron chi connectivity index (χ2n) is 3.70. The Morgan fingerprint density at radius 3 is 2.87 bits per heavy atom. The highest BCUT2D eigenvalue weighted by molar-refractivity contribution is 5.82. The lowest BCUT2D eigenvalue weighted by molar-refractivity contribution is 0.591. The van der Waals surface area contributed by atoms with E-state index in [1.165, 1.54) is 0 Å². The Morgan fingerprint density at radius 2 is 2.20 bits per heavy atom. The third-order valence-corrected chi connectivity index (χ3v) is 2.35. The molecule has 4 heteroatoms. The number of hydrogen-bond acceptors (Lipinski definition) is 3. The third-order valence-electron chi connectivity index (χ3n) is 2.35. The number of aromatic nitrogens is 2. The van der Waals surface area contributed by atoms with E-state index in [-0.39, 0.29) is 0 Å². The molecule has 0 saturated heterocycles. The monoisotopic (exact) mass is 202 g/mol. The summed E-state index contributed by atoms with van der Waals surface area (Å²) in [6, 6.07) is 5.75. The molecule has 0 aliphatic rings. The number of H-pyrrole nitrogens is 1. The molecule has 0 spiro atoms. The lowest BCUT2D eigenvalue weighted by Crippen LogP contribution is -2.08. The lowest BCUT2D eigenvalue weighted by atomic mass is 10.3. The Morgan fingerprint density at radius 1 is 1.47 bits per heavy atom. The zero-order chi connectivity index (χ0) is 11.0. The second-order valence-corrected chi connectivity index (χ2v) is 3.70. The topological polar surface area (TPSA) is 57.9 Å². The molecule has 0 aliphatic carbocycles. The normalized spacial score (nSPS) is 10.5. The molecule has 2 rings (SSSR count). The summed E-state index contributed by atoms with van der Waals surface area (Å²) in [4.78, 5) is 9.34. The number of nitrogens with one attached hydrogen (secondary N) is 1. The molecule has 2 aromatic heterocycles. The molecule has 3 N–H and O–H groups in total. The fraction of sp³-hybridized carbons (Fsp3) is 0.182. The van der Waals surface area contributed by atoms with Crippen molar-refractivity contribution in [3.05, 3.63) is 30.5 Å². The molecule has 2 heterocycles. The fourth-order valence-electron chi connectivity index (χ4n) is 1.42. The Bertz CT molecular complexity index is 510. The maximum absolute atomic E-state index is 5.61. The summed E-state index contributed by atoms with van der Waals surface area (Å²) in [6.07, 6.45) is 0. The molecule has 0 unspecified atom stereocenters. The van der Waals surface area contributed by atoms with Crippen molar-refractivity contribution in [3.8, 4) is 0 Å². The van der Waals surface area contributed by atoms with Crippen LogP contribution in [-0.2, 0) is 0 Å². The van der Waals surface area contributed by atoms with Gasteiger partial charge < -0.3 is 15.6 Å². The quantitative estimate of drug-likeness (QED) is 0.779. The first kappa shape index (κ1) is 9.58. The third kappa shape index (κ3) is 1.66. The first-order chi connectivity index (χ1) is 7.08. The fourth-order valence-corrected chi connectivity index (χ4v) is 1.42. The SMILES string of the molecule is C=C(c1cc2ccc(N)nc2[nH]1)N(C)C. The van der Waals surface area contributed by atoms with Crippen molar-refractivity contribution < 1.29 is 0 Å². The minimum atomic E-state index is 0.520. The molecule has 0 saturated carbocycles. The summed E-state index contributed by atoms with van der Waals surface area (Å²) in [5.41, 5.74) is 8.29. The highest BCUT2D eigenvalue weighted by Crippen LogP contribution is 2.20. The second kappa shape index (κ2) is 3.31. The average Bonchev–Trinajstić information content (AvgIpc) is 2.58. The minimum Gasteiger partial charge on any atom is -0.384 e. The molecule has 0 atom stereocenters. The summed E-state index contributed by atoms with van der Waals surface area (Å²) in [5.74, 6) is 0.520. The average molecular weight is 202 g/mol. The van der Waals surface area contributed by atoms with Gasteiger partial charge >= 0.3 is 0 Å². The maximum atomic E-state index is 5.61. The van der Waals surface area contributed by atoms with E-state index in [9.17, 15) is 0 Å². The van der Waals surface area contributed by atoms with Gasteiger partial charge in [0.1, 0.15) is 11.5 Å². The van der Waals surface area contributed by atoms with Crippen molar-refractivity contribution in [2.75, 3.05) is 19.8 Å².